The Balaban J connectivity index is 2.00. The number of aliphatic hydroxyl groups excluding tert-OH is 1. The molecule has 0 radical (unpaired) electrons. The molecule has 22 heavy (non-hydrogen) atoms. The molecule has 3 aliphatic rings. The van der Waals surface area contributed by atoms with Gasteiger partial charge in [0.05, 0.1) is 11.7 Å². The summed E-state index contributed by atoms with van der Waals surface area (Å²) in [6, 6.07) is 0. The Morgan fingerprint density at radius 2 is 1.55 bits per heavy atom. The van der Waals surface area contributed by atoms with Gasteiger partial charge >= 0.3 is 0 Å². The Morgan fingerprint density at radius 3 is 2.23 bits per heavy atom. The summed E-state index contributed by atoms with van der Waals surface area (Å²) < 4.78 is 0. The molecule has 3 saturated carbocycles. The average molecular weight is 309 g/mol. The van der Waals surface area contributed by atoms with Gasteiger partial charge in [-0.1, -0.05) is 41.0 Å². The van der Waals surface area contributed by atoms with Crippen molar-refractivity contribution >= 4 is 0 Å². The van der Waals surface area contributed by atoms with Gasteiger partial charge in [-0.3, -0.25) is 0 Å². The Kier molecular flexibility index (Phi) is 3.97. The quantitative estimate of drug-likeness (QED) is 0.697. The zero-order valence-electron chi connectivity index (χ0n) is 15.2. The van der Waals surface area contributed by atoms with Crippen molar-refractivity contribution in [2.75, 3.05) is 0 Å². The van der Waals surface area contributed by atoms with Crippen molar-refractivity contribution in [3.63, 3.8) is 0 Å². The molecular weight excluding hydrogens is 272 g/mol. The van der Waals surface area contributed by atoms with Crippen molar-refractivity contribution in [3.8, 4) is 0 Å². The second kappa shape index (κ2) is 5.21. The fourth-order valence-electron chi connectivity index (χ4n) is 6.52. The summed E-state index contributed by atoms with van der Waals surface area (Å²) >= 11 is 0. The molecule has 0 heterocycles. The molecule has 0 saturated heterocycles. The highest BCUT2D eigenvalue weighted by Crippen LogP contribution is 2.61. The summed E-state index contributed by atoms with van der Waals surface area (Å²) in [4.78, 5) is 0. The fraction of sp³-hybridized carbons (Fsp3) is 1.00. The van der Waals surface area contributed by atoms with Crippen LogP contribution in [-0.2, 0) is 0 Å². The van der Waals surface area contributed by atoms with Crippen LogP contribution in [0.5, 0.6) is 0 Å². The highest BCUT2D eigenvalue weighted by molar-refractivity contribution is 5.10. The lowest BCUT2D eigenvalue weighted by molar-refractivity contribution is -0.212. The molecule has 128 valence electrons. The molecule has 1 unspecified atom stereocenters. The Hall–Kier alpha value is -0.0800. The van der Waals surface area contributed by atoms with Gasteiger partial charge in [0.2, 0.25) is 0 Å². The van der Waals surface area contributed by atoms with Crippen LogP contribution >= 0.6 is 0 Å². The molecule has 2 nitrogen and oxygen atoms in total. The van der Waals surface area contributed by atoms with Gasteiger partial charge in [0.15, 0.2) is 0 Å². The molecule has 0 aromatic carbocycles. The predicted octanol–water partition coefficient (Wildman–Crippen LogP) is 4.39. The second-order valence-electron chi connectivity index (χ2n) is 9.80. The van der Waals surface area contributed by atoms with Crippen molar-refractivity contribution in [2.24, 2.45) is 34.5 Å². The second-order valence-corrected chi connectivity index (χ2v) is 9.80. The van der Waals surface area contributed by atoms with Gasteiger partial charge < -0.3 is 10.2 Å². The van der Waals surface area contributed by atoms with Crippen LogP contribution in [0.2, 0.25) is 0 Å². The summed E-state index contributed by atoms with van der Waals surface area (Å²) in [5, 5.41) is 22.1. The van der Waals surface area contributed by atoms with Crippen LogP contribution < -0.4 is 0 Å². The lowest BCUT2D eigenvalue weighted by Gasteiger charge is -2.61. The van der Waals surface area contributed by atoms with Crippen molar-refractivity contribution in [1.29, 1.82) is 0 Å². The largest absolute Gasteiger partial charge is 0.393 e. The Morgan fingerprint density at radius 1 is 0.909 bits per heavy atom. The summed E-state index contributed by atoms with van der Waals surface area (Å²) in [5.41, 5.74) is -0.398. The summed E-state index contributed by atoms with van der Waals surface area (Å²) in [7, 11) is 0. The lowest BCUT2D eigenvalue weighted by atomic mass is 9.46. The van der Waals surface area contributed by atoms with E-state index in [1.807, 2.05) is 0 Å². The number of fused-ring (bicyclic) bond motifs is 3. The SMILES string of the molecule is C[C@@H]1CC[C@H]2C[C@]3(O)[C@H](C)C(O)CC[C@@]3(C)CC[C@@H]1C2(C)C. The van der Waals surface area contributed by atoms with E-state index in [1.165, 1.54) is 19.3 Å². The molecular formula is C20H36O2. The van der Waals surface area contributed by atoms with E-state index in [-0.39, 0.29) is 17.4 Å². The van der Waals surface area contributed by atoms with Crippen LogP contribution in [0.4, 0.5) is 0 Å². The van der Waals surface area contributed by atoms with Gasteiger partial charge in [-0.2, -0.15) is 0 Å². The van der Waals surface area contributed by atoms with E-state index < -0.39 is 5.60 Å². The van der Waals surface area contributed by atoms with E-state index in [2.05, 4.69) is 34.6 Å². The monoisotopic (exact) mass is 308 g/mol. The number of aliphatic hydroxyl groups is 2. The van der Waals surface area contributed by atoms with Crippen LogP contribution in [0.25, 0.3) is 0 Å². The first-order chi connectivity index (χ1) is 10.1. The Labute approximate surface area is 136 Å². The van der Waals surface area contributed by atoms with Gasteiger partial charge in [-0.05, 0) is 67.1 Å². The summed E-state index contributed by atoms with van der Waals surface area (Å²) in [6.45, 7) is 11.7. The smallest absolute Gasteiger partial charge is 0.0753 e. The van der Waals surface area contributed by atoms with Crippen LogP contribution in [0.1, 0.15) is 79.6 Å². The van der Waals surface area contributed by atoms with E-state index in [9.17, 15) is 10.2 Å². The van der Waals surface area contributed by atoms with Crippen LogP contribution in [0.15, 0.2) is 0 Å². The van der Waals surface area contributed by atoms with Gasteiger partial charge in [0, 0.05) is 5.92 Å². The van der Waals surface area contributed by atoms with Crippen molar-refractivity contribution in [3.05, 3.63) is 0 Å². The minimum absolute atomic E-state index is 0.00190. The normalized spacial score (nSPS) is 55.0. The third-order valence-electron chi connectivity index (χ3n) is 8.60. The molecule has 0 spiro atoms. The van der Waals surface area contributed by atoms with Crippen molar-refractivity contribution < 1.29 is 10.2 Å². The molecule has 0 aliphatic heterocycles. The van der Waals surface area contributed by atoms with Crippen molar-refractivity contribution in [1.82, 2.24) is 0 Å². The van der Waals surface area contributed by atoms with Crippen LogP contribution in [0.3, 0.4) is 0 Å². The summed E-state index contributed by atoms with van der Waals surface area (Å²) in [6.07, 6.45) is 7.29. The van der Waals surface area contributed by atoms with E-state index in [0.29, 0.717) is 11.3 Å². The molecule has 2 heteroatoms. The van der Waals surface area contributed by atoms with E-state index in [1.54, 1.807) is 0 Å². The molecule has 0 amide bonds. The standard InChI is InChI=1S/C20H36O2/c1-13-6-7-15-12-20(22)14(2)17(21)9-11-19(20,5)10-8-16(13)18(15,3)4/h13-17,21-22H,6-12H2,1-5H3/t13-,14-,15+,16+,17?,19-,20+/m1/s1. The first-order valence-electron chi connectivity index (χ1n) is 9.52. The first-order valence-corrected chi connectivity index (χ1v) is 9.52. The van der Waals surface area contributed by atoms with Gasteiger partial charge in [-0.15, -0.1) is 0 Å². The molecule has 2 bridgehead atoms. The van der Waals surface area contributed by atoms with E-state index in [4.69, 9.17) is 0 Å². The number of hydrogen-bond donors (Lipinski definition) is 2. The fourth-order valence-corrected chi connectivity index (χ4v) is 6.52. The van der Waals surface area contributed by atoms with Crippen LogP contribution in [-0.4, -0.2) is 21.9 Å². The third-order valence-corrected chi connectivity index (χ3v) is 8.60. The molecule has 7 atom stereocenters. The zero-order chi connectivity index (χ0) is 16.3. The minimum Gasteiger partial charge on any atom is -0.393 e. The molecule has 0 aromatic rings. The van der Waals surface area contributed by atoms with E-state index >= 15 is 0 Å². The molecule has 3 fully saturated rings. The lowest BCUT2D eigenvalue weighted by Crippen LogP contribution is -2.62. The molecule has 3 aliphatic carbocycles. The zero-order valence-corrected chi connectivity index (χ0v) is 15.2. The van der Waals surface area contributed by atoms with Gasteiger partial charge in [-0.25, -0.2) is 0 Å². The first kappa shape index (κ1) is 16.8. The van der Waals surface area contributed by atoms with E-state index in [0.717, 1.165) is 37.5 Å². The number of hydrogen-bond acceptors (Lipinski definition) is 2. The van der Waals surface area contributed by atoms with Crippen LogP contribution in [0, 0.1) is 34.5 Å². The minimum atomic E-state index is -0.696. The average Bonchev–Trinajstić information content (AvgIpc) is 2.44. The topological polar surface area (TPSA) is 40.5 Å². The number of rotatable bonds is 0. The third kappa shape index (κ3) is 2.20. The highest BCUT2D eigenvalue weighted by Gasteiger charge is 2.59. The summed E-state index contributed by atoms with van der Waals surface area (Å²) in [5.74, 6) is 2.19. The molecule has 3 rings (SSSR count). The van der Waals surface area contributed by atoms with Gasteiger partial charge in [0.1, 0.15) is 0 Å². The molecule has 0 aromatic heterocycles. The van der Waals surface area contributed by atoms with Gasteiger partial charge in [0.25, 0.3) is 0 Å². The van der Waals surface area contributed by atoms with Crippen molar-refractivity contribution in [2.45, 2.75) is 91.3 Å². The maximum Gasteiger partial charge on any atom is 0.0753 e. The Bertz CT molecular complexity index is 431. The highest BCUT2D eigenvalue weighted by atomic mass is 16.3. The maximum absolute atomic E-state index is 11.7. The molecule has 2 N–H and O–H groups in total. The predicted molar refractivity (Wildman–Crippen MR) is 90.5 cm³/mol. The maximum atomic E-state index is 11.7.